The van der Waals surface area contributed by atoms with E-state index in [2.05, 4.69) is 22.1 Å². The first-order chi connectivity index (χ1) is 15.5. The van der Waals surface area contributed by atoms with Crippen LogP contribution in [-0.2, 0) is 25.8 Å². The molecule has 174 valence electrons. The number of hydrogen-bond donors (Lipinski definition) is 1. The van der Waals surface area contributed by atoms with E-state index in [4.69, 9.17) is 9.84 Å². The van der Waals surface area contributed by atoms with Gasteiger partial charge in [-0.2, -0.15) is 5.10 Å². The molecule has 2 aliphatic rings. The minimum absolute atomic E-state index is 0.0301. The van der Waals surface area contributed by atoms with Gasteiger partial charge in [0.2, 0.25) is 0 Å². The monoisotopic (exact) mass is 438 g/mol. The summed E-state index contributed by atoms with van der Waals surface area (Å²) in [6.45, 7) is 1.90. The minimum Gasteiger partial charge on any atom is -0.497 e. The van der Waals surface area contributed by atoms with Gasteiger partial charge in [-0.25, -0.2) is 0 Å². The maximum absolute atomic E-state index is 12.9. The van der Waals surface area contributed by atoms with Crippen LogP contribution in [0.15, 0.2) is 24.3 Å². The number of aromatic nitrogens is 2. The first-order valence-corrected chi connectivity index (χ1v) is 12.2. The molecule has 2 aliphatic carbocycles. The van der Waals surface area contributed by atoms with E-state index in [1.807, 2.05) is 26.2 Å². The Bertz CT molecular complexity index is 897. The van der Waals surface area contributed by atoms with Gasteiger partial charge in [0.15, 0.2) is 5.69 Å². The van der Waals surface area contributed by atoms with Crippen LogP contribution in [0.1, 0.15) is 65.8 Å². The number of methoxy groups -OCH3 is 1. The van der Waals surface area contributed by atoms with E-state index in [1.165, 1.54) is 48.9 Å². The van der Waals surface area contributed by atoms with Gasteiger partial charge >= 0.3 is 0 Å². The Morgan fingerprint density at radius 3 is 2.59 bits per heavy atom. The molecule has 2 aromatic rings. The zero-order valence-electron chi connectivity index (χ0n) is 19.9. The van der Waals surface area contributed by atoms with E-state index < -0.39 is 0 Å². The van der Waals surface area contributed by atoms with E-state index in [-0.39, 0.29) is 5.91 Å². The normalized spacial score (nSPS) is 18.9. The van der Waals surface area contributed by atoms with Crippen LogP contribution < -0.4 is 10.1 Å². The van der Waals surface area contributed by atoms with Crippen LogP contribution in [0.2, 0.25) is 0 Å². The van der Waals surface area contributed by atoms with E-state index >= 15 is 0 Å². The van der Waals surface area contributed by atoms with E-state index in [1.54, 1.807) is 12.0 Å². The number of nitrogens with zero attached hydrogens (tertiary/aromatic N) is 3. The average Bonchev–Trinajstić information content (AvgIpc) is 3.17. The summed E-state index contributed by atoms with van der Waals surface area (Å²) >= 11 is 0. The molecule has 1 unspecified atom stereocenters. The third-order valence-electron chi connectivity index (χ3n) is 7.12. The fraction of sp³-hybridized carbons (Fsp3) is 0.615. The SMILES string of the molecule is COc1ccc(CCNC2CCc3c(c(C(=O)N(C)C)nn3CC3CCCCC3)C2)cc1. The smallest absolute Gasteiger partial charge is 0.274 e. The van der Waals surface area contributed by atoms with Crippen molar-refractivity contribution in [2.45, 2.75) is 70.4 Å². The Balaban J connectivity index is 1.42. The fourth-order valence-corrected chi connectivity index (χ4v) is 5.22. The standard InChI is InChI=1S/C26H38N4O2/c1-29(2)26(31)25-23-17-21(27-16-15-19-9-12-22(32-3)13-10-19)11-14-24(23)30(28-25)18-20-7-5-4-6-8-20/h9-10,12-13,20-21,27H,4-8,11,14-18H2,1-3H3. The second-order valence-electron chi connectivity index (χ2n) is 9.65. The zero-order chi connectivity index (χ0) is 22.5. The minimum atomic E-state index is 0.0301. The molecule has 1 aromatic carbocycles. The predicted molar refractivity (Wildman–Crippen MR) is 127 cm³/mol. The van der Waals surface area contributed by atoms with Gasteiger partial charge < -0.3 is 15.0 Å². The molecule has 0 saturated heterocycles. The third kappa shape index (κ3) is 5.34. The lowest BCUT2D eigenvalue weighted by molar-refractivity contribution is 0.0819. The molecule has 1 saturated carbocycles. The lowest BCUT2D eigenvalue weighted by Gasteiger charge is -2.26. The molecule has 1 N–H and O–H groups in total. The van der Waals surface area contributed by atoms with Crippen LogP contribution in [0.5, 0.6) is 5.75 Å². The van der Waals surface area contributed by atoms with Gasteiger partial charge in [-0.15, -0.1) is 0 Å². The van der Waals surface area contributed by atoms with Gasteiger partial charge in [0, 0.05) is 37.9 Å². The number of fused-ring (bicyclic) bond motifs is 1. The van der Waals surface area contributed by atoms with Gasteiger partial charge in [0.25, 0.3) is 5.91 Å². The Kier molecular flexibility index (Phi) is 7.51. The maximum atomic E-state index is 12.9. The summed E-state index contributed by atoms with van der Waals surface area (Å²) in [4.78, 5) is 14.6. The van der Waals surface area contributed by atoms with Crippen molar-refractivity contribution in [3.63, 3.8) is 0 Å². The number of amides is 1. The quantitative estimate of drug-likeness (QED) is 0.680. The van der Waals surface area contributed by atoms with Gasteiger partial charge in [-0.3, -0.25) is 9.48 Å². The van der Waals surface area contributed by atoms with Crippen molar-refractivity contribution in [3.8, 4) is 5.75 Å². The average molecular weight is 439 g/mol. The summed E-state index contributed by atoms with van der Waals surface area (Å²) in [6.07, 6.45) is 10.6. The first-order valence-electron chi connectivity index (χ1n) is 12.2. The number of hydrogen-bond acceptors (Lipinski definition) is 4. The summed E-state index contributed by atoms with van der Waals surface area (Å²) < 4.78 is 7.43. The number of carbonyl (C=O) groups is 1. The molecule has 1 amide bonds. The molecule has 1 fully saturated rings. The lowest BCUT2D eigenvalue weighted by Crippen LogP contribution is -2.37. The summed E-state index contributed by atoms with van der Waals surface area (Å²) in [7, 11) is 5.34. The molecule has 0 aliphatic heterocycles. The van der Waals surface area contributed by atoms with Crippen LogP contribution in [0, 0.1) is 5.92 Å². The molecule has 6 nitrogen and oxygen atoms in total. The van der Waals surface area contributed by atoms with Gasteiger partial charge in [0.05, 0.1) is 7.11 Å². The molecular weight excluding hydrogens is 400 g/mol. The number of rotatable bonds is 8. The lowest BCUT2D eigenvalue weighted by atomic mass is 9.88. The Morgan fingerprint density at radius 1 is 1.16 bits per heavy atom. The highest BCUT2D eigenvalue weighted by atomic mass is 16.5. The molecule has 6 heteroatoms. The molecule has 0 radical (unpaired) electrons. The van der Waals surface area contributed by atoms with Crippen LogP contribution in [0.4, 0.5) is 0 Å². The first kappa shape index (κ1) is 22.8. The van der Waals surface area contributed by atoms with Crippen molar-refractivity contribution in [1.82, 2.24) is 20.0 Å². The number of nitrogens with one attached hydrogen (secondary N) is 1. The molecule has 0 spiro atoms. The molecule has 0 bridgehead atoms. The van der Waals surface area contributed by atoms with Crippen molar-refractivity contribution in [2.75, 3.05) is 27.7 Å². The predicted octanol–water partition coefficient (Wildman–Crippen LogP) is 3.86. The van der Waals surface area contributed by atoms with Crippen LogP contribution in [0.25, 0.3) is 0 Å². The van der Waals surface area contributed by atoms with Gasteiger partial charge in [0.1, 0.15) is 5.75 Å². The Morgan fingerprint density at radius 2 is 1.91 bits per heavy atom. The van der Waals surface area contributed by atoms with Crippen molar-refractivity contribution in [3.05, 3.63) is 46.8 Å². The highest BCUT2D eigenvalue weighted by Gasteiger charge is 2.30. The highest BCUT2D eigenvalue weighted by Crippen LogP contribution is 2.30. The second kappa shape index (κ2) is 10.5. The van der Waals surface area contributed by atoms with Crippen LogP contribution in [0.3, 0.4) is 0 Å². The van der Waals surface area contributed by atoms with Crippen LogP contribution in [-0.4, -0.2) is 54.4 Å². The summed E-state index contributed by atoms with van der Waals surface area (Å²) in [6, 6.07) is 8.68. The summed E-state index contributed by atoms with van der Waals surface area (Å²) in [5.41, 5.74) is 4.45. The highest BCUT2D eigenvalue weighted by molar-refractivity contribution is 5.93. The molecule has 1 heterocycles. The molecule has 32 heavy (non-hydrogen) atoms. The van der Waals surface area contributed by atoms with Crippen molar-refractivity contribution < 1.29 is 9.53 Å². The topological polar surface area (TPSA) is 59.4 Å². The van der Waals surface area contributed by atoms with Crippen molar-refractivity contribution >= 4 is 5.91 Å². The maximum Gasteiger partial charge on any atom is 0.274 e. The van der Waals surface area contributed by atoms with Gasteiger partial charge in [-0.05, 0) is 68.7 Å². The van der Waals surface area contributed by atoms with Crippen molar-refractivity contribution in [1.29, 1.82) is 0 Å². The van der Waals surface area contributed by atoms with E-state index in [9.17, 15) is 4.79 Å². The Labute approximate surface area is 192 Å². The molecular formula is C26H38N4O2. The van der Waals surface area contributed by atoms with E-state index in [0.717, 1.165) is 44.5 Å². The second-order valence-corrected chi connectivity index (χ2v) is 9.65. The zero-order valence-corrected chi connectivity index (χ0v) is 19.9. The molecule has 1 aromatic heterocycles. The molecule has 4 rings (SSSR count). The Hall–Kier alpha value is -2.34. The largest absolute Gasteiger partial charge is 0.497 e. The third-order valence-corrected chi connectivity index (χ3v) is 7.12. The summed E-state index contributed by atoms with van der Waals surface area (Å²) in [5.74, 6) is 1.63. The number of carbonyl (C=O) groups excluding carboxylic acids is 1. The van der Waals surface area contributed by atoms with E-state index in [0.29, 0.717) is 17.7 Å². The number of ether oxygens (including phenoxy) is 1. The fourth-order valence-electron chi connectivity index (χ4n) is 5.22. The molecule has 1 atom stereocenters. The van der Waals surface area contributed by atoms with Crippen LogP contribution >= 0.6 is 0 Å². The van der Waals surface area contributed by atoms with Gasteiger partial charge in [-0.1, -0.05) is 31.4 Å². The van der Waals surface area contributed by atoms with Crippen molar-refractivity contribution in [2.24, 2.45) is 5.92 Å². The number of benzene rings is 1. The summed E-state index contributed by atoms with van der Waals surface area (Å²) in [5, 5.41) is 8.60.